The van der Waals surface area contributed by atoms with E-state index in [2.05, 4.69) is 10.3 Å². The van der Waals surface area contributed by atoms with Crippen LogP contribution in [0.3, 0.4) is 0 Å². The highest BCUT2D eigenvalue weighted by atomic mass is 19.1. The molecule has 0 fully saturated rings. The maximum Gasteiger partial charge on any atom is 0.203 e. The minimum Gasteiger partial charge on any atom is -0.351 e. The van der Waals surface area contributed by atoms with Crippen LogP contribution < -0.4 is 11.1 Å². The van der Waals surface area contributed by atoms with Gasteiger partial charge in [0.2, 0.25) is 5.95 Å². The van der Waals surface area contributed by atoms with Crippen molar-refractivity contribution >= 4 is 5.95 Å². The van der Waals surface area contributed by atoms with Crippen molar-refractivity contribution in [2.75, 3.05) is 5.32 Å². The van der Waals surface area contributed by atoms with Crippen molar-refractivity contribution in [2.24, 2.45) is 5.73 Å². The molecular weight excluding hydrogens is 231 g/mol. The molecule has 0 unspecified atom stereocenters. The van der Waals surface area contributed by atoms with E-state index in [1.54, 1.807) is 12.3 Å². The van der Waals surface area contributed by atoms with E-state index in [4.69, 9.17) is 5.73 Å². The van der Waals surface area contributed by atoms with E-state index in [0.29, 0.717) is 18.7 Å². The van der Waals surface area contributed by atoms with E-state index in [1.165, 1.54) is 6.07 Å². The minimum absolute atomic E-state index is 0.236. The van der Waals surface area contributed by atoms with Gasteiger partial charge in [-0.05, 0) is 18.6 Å². The summed E-state index contributed by atoms with van der Waals surface area (Å²) in [5.74, 6) is 0.514. The van der Waals surface area contributed by atoms with Gasteiger partial charge in [-0.2, -0.15) is 0 Å². The smallest absolute Gasteiger partial charge is 0.203 e. The van der Waals surface area contributed by atoms with Gasteiger partial charge in [-0.25, -0.2) is 9.37 Å². The minimum atomic E-state index is -0.236. The maximum atomic E-state index is 13.7. The first-order valence-electron chi connectivity index (χ1n) is 5.97. The van der Waals surface area contributed by atoms with Crippen LogP contribution in [0.2, 0.25) is 0 Å². The maximum absolute atomic E-state index is 13.7. The van der Waals surface area contributed by atoms with Crippen LogP contribution in [0.25, 0.3) is 0 Å². The largest absolute Gasteiger partial charge is 0.351 e. The number of benzene rings is 1. The van der Waals surface area contributed by atoms with E-state index in [-0.39, 0.29) is 5.82 Å². The molecule has 1 aromatic carbocycles. The van der Waals surface area contributed by atoms with Gasteiger partial charge < -0.3 is 15.6 Å². The number of nitrogens with one attached hydrogen (secondary N) is 1. The molecule has 4 nitrogen and oxygen atoms in total. The number of aryl methyl sites for hydroxylation is 1. The van der Waals surface area contributed by atoms with Crippen LogP contribution in [-0.4, -0.2) is 9.55 Å². The van der Waals surface area contributed by atoms with Gasteiger partial charge in [-0.15, -0.1) is 0 Å². The zero-order valence-corrected chi connectivity index (χ0v) is 10.4. The number of hydrogen-bond acceptors (Lipinski definition) is 3. The number of aromatic nitrogens is 2. The Morgan fingerprint density at radius 2 is 2.28 bits per heavy atom. The Morgan fingerprint density at radius 1 is 1.44 bits per heavy atom. The average molecular weight is 248 g/mol. The molecule has 0 radical (unpaired) electrons. The normalized spacial score (nSPS) is 10.6. The second-order valence-corrected chi connectivity index (χ2v) is 4.02. The quantitative estimate of drug-likeness (QED) is 0.852. The van der Waals surface area contributed by atoms with Crippen molar-refractivity contribution < 1.29 is 4.39 Å². The molecule has 0 aliphatic rings. The molecule has 96 valence electrons. The second-order valence-electron chi connectivity index (χ2n) is 4.02. The SMILES string of the molecule is CCn1ccnc1NCc1ccc(CN)cc1F. The lowest BCUT2D eigenvalue weighted by Gasteiger charge is -2.09. The molecule has 2 rings (SSSR count). The topological polar surface area (TPSA) is 55.9 Å². The summed E-state index contributed by atoms with van der Waals surface area (Å²) < 4.78 is 15.7. The first-order chi connectivity index (χ1) is 8.74. The van der Waals surface area contributed by atoms with E-state index in [9.17, 15) is 4.39 Å². The van der Waals surface area contributed by atoms with Gasteiger partial charge in [0.05, 0.1) is 0 Å². The summed E-state index contributed by atoms with van der Waals surface area (Å²) in [6.45, 7) is 3.62. The van der Waals surface area contributed by atoms with Crippen molar-refractivity contribution in [1.29, 1.82) is 0 Å². The molecular formula is C13H17FN4. The van der Waals surface area contributed by atoms with Crippen LogP contribution in [0.5, 0.6) is 0 Å². The lowest BCUT2D eigenvalue weighted by molar-refractivity contribution is 0.610. The fraction of sp³-hybridized carbons (Fsp3) is 0.308. The highest BCUT2D eigenvalue weighted by molar-refractivity contribution is 5.31. The van der Waals surface area contributed by atoms with Crippen molar-refractivity contribution in [1.82, 2.24) is 9.55 Å². The molecule has 0 aliphatic carbocycles. The summed E-state index contributed by atoms with van der Waals surface area (Å²) in [5.41, 5.74) is 6.87. The summed E-state index contributed by atoms with van der Waals surface area (Å²) in [4.78, 5) is 4.17. The highest BCUT2D eigenvalue weighted by Crippen LogP contribution is 2.12. The monoisotopic (exact) mass is 248 g/mol. The number of nitrogens with zero attached hydrogens (tertiary/aromatic N) is 2. The van der Waals surface area contributed by atoms with Crippen molar-refractivity contribution in [3.63, 3.8) is 0 Å². The van der Waals surface area contributed by atoms with E-state index >= 15 is 0 Å². The zero-order valence-electron chi connectivity index (χ0n) is 10.4. The summed E-state index contributed by atoms with van der Waals surface area (Å²) in [6.07, 6.45) is 3.61. The number of imidazole rings is 1. The van der Waals surface area contributed by atoms with Crippen molar-refractivity contribution in [3.8, 4) is 0 Å². The first-order valence-corrected chi connectivity index (χ1v) is 5.97. The van der Waals surface area contributed by atoms with Gasteiger partial charge in [-0.3, -0.25) is 0 Å². The molecule has 18 heavy (non-hydrogen) atoms. The standard InChI is InChI=1S/C13H17FN4/c1-2-18-6-5-16-13(18)17-9-11-4-3-10(8-15)7-12(11)14/h3-7H,2,8-9,15H2,1H3,(H,16,17). The number of halogens is 1. The molecule has 0 saturated heterocycles. The summed E-state index contributed by atoms with van der Waals surface area (Å²) in [7, 11) is 0. The number of anilines is 1. The zero-order chi connectivity index (χ0) is 13.0. The van der Waals surface area contributed by atoms with Crippen LogP contribution in [0.4, 0.5) is 10.3 Å². The fourth-order valence-electron chi connectivity index (χ4n) is 1.77. The molecule has 2 aromatic rings. The molecule has 3 N–H and O–H groups in total. The molecule has 5 heteroatoms. The van der Waals surface area contributed by atoms with Crippen LogP contribution >= 0.6 is 0 Å². The van der Waals surface area contributed by atoms with Crippen LogP contribution in [0.15, 0.2) is 30.6 Å². The third-order valence-electron chi connectivity index (χ3n) is 2.85. The van der Waals surface area contributed by atoms with E-state index in [1.807, 2.05) is 23.8 Å². The lowest BCUT2D eigenvalue weighted by atomic mass is 10.1. The Labute approximate surface area is 106 Å². The molecule has 1 heterocycles. The lowest BCUT2D eigenvalue weighted by Crippen LogP contribution is -2.08. The van der Waals surface area contributed by atoms with Gasteiger partial charge in [0.15, 0.2) is 0 Å². The Kier molecular flexibility index (Phi) is 3.94. The van der Waals surface area contributed by atoms with Gasteiger partial charge in [0, 0.05) is 37.6 Å². The molecule has 0 saturated carbocycles. The number of hydrogen-bond donors (Lipinski definition) is 2. The Morgan fingerprint density at radius 3 is 2.94 bits per heavy atom. The third kappa shape index (κ3) is 2.68. The van der Waals surface area contributed by atoms with E-state index in [0.717, 1.165) is 18.1 Å². The first kappa shape index (κ1) is 12.6. The van der Waals surface area contributed by atoms with E-state index < -0.39 is 0 Å². The van der Waals surface area contributed by atoms with Gasteiger partial charge in [0.25, 0.3) is 0 Å². The van der Waals surface area contributed by atoms with Crippen molar-refractivity contribution in [2.45, 2.75) is 26.6 Å². The summed E-state index contributed by atoms with van der Waals surface area (Å²) in [6, 6.07) is 5.07. The molecule has 0 atom stereocenters. The molecule has 0 spiro atoms. The van der Waals surface area contributed by atoms with Crippen LogP contribution in [-0.2, 0) is 19.6 Å². The third-order valence-corrected chi connectivity index (χ3v) is 2.85. The predicted octanol–water partition coefficient (Wildman–Crippen LogP) is 2.11. The Balaban J connectivity index is 2.06. The molecule has 0 amide bonds. The number of rotatable bonds is 5. The summed E-state index contributed by atoms with van der Waals surface area (Å²) in [5, 5.41) is 3.12. The van der Waals surface area contributed by atoms with Gasteiger partial charge >= 0.3 is 0 Å². The van der Waals surface area contributed by atoms with Gasteiger partial charge in [0.1, 0.15) is 5.82 Å². The van der Waals surface area contributed by atoms with Gasteiger partial charge in [-0.1, -0.05) is 12.1 Å². The molecule has 1 aromatic heterocycles. The highest BCUT2D eigenvalue weighted by Gasteiger charge is 2.05. The Bertz CT molecular complexity index is 521. The van der Waals surface area contributed by atoms with Crippen LogP contribution in [0, 0.1) is 5.82 Å². The summed E-state index contributed by atoms with van der Waals surface area (Å²) >= 11 is 0. The van der Waals surface area contributed by atoms with Crippen LogP contribution in [0.1, 0.15) is 18.1 Å². The number of nitrogens with two attached hydrogens (primary N) is 1. The predicted molar refractivity (Wildman–Crippen MR) is 69.5 cm³/mol. The molecule has 0 aliphatic heterocycles. The molecule has 0 bridgehead atoms. The average Bonchev–Trinajstić information content (AvgIpc) is 2.84. The Hall–Kier alpha value is -1.88. The fourth-order valence-corrected chi connectivity index (χ4v) is 1.77. The van der Waals surface area contributed by atoms with Crippen molar-refractivity contribution in [3.05, 3.63) is 47.5 Å². The second kappa shape index (κ2) is 5.64.